The van der Waals surface area contributed by atoms with E-state index in [9.17, 15) is 4.79 Å². The van der Waals surface area contributed by atoms with Gasteiger partial charge in [0.25, 0.3) is 5.91 Å². The van der Waals surface area contributed by atoms with E-state index in [0.29, 0.717) is 18.8 Å². The second kappa shape index (κ2) is 6.60. The van der Waals surface area contributed by atoms with Gasteiger partial charge in [0.15, 0.2) is 5.69 Å². The molecule has 2 aromatic carbocycles. The highest BCUT2D eigenvalue weighted by Gasteiger charge is 2.31. The molecule has 0 saturated carbocycles. The van der Waals surface area contributed by atoms with Crippen molar-refractivity contribution in [1.29, 1.82) is 0 Å². The minimum Gasteiger partial charge on any atom is -0.335 e. The minimum atomic E-state index is -0.0771. The smallest absolute Gasteiger partial charge is 0.276 e. The molecule has 28 heavy (non-hydrogen) atoms. The number of para-hydroxylation sites is 3. The van der Waals surface area contributed by atoms with Gasteiger partial charge in [-0.2, -0.15) is 9.90 Å². The standard InChI is InChI=1S/C21H20N6O/c1-15-23-18-9-5-6-10-20(18)26(15)17-11-12-25(14-17)21(28)19-13-22-27(24-19)16-7-3-2-4-8-16/h2-10,13,17H,11-12,14H2,1H3. The number of hydrogen-bond acceptors (Lipinski definition) is 4. The predicted molar refractivity (Wildman–Crippen MR) is 105 cm³/mol. The predicted octanol–water partition coefficient (Wildman–Crippen LogP) is 3.01. The van der Waals surface area contributed by atoms with Crippen LogP contribution in [0.2, 0.25) is 0 Å². The van der Waals surface area contributed by atoms with Crippen LogP contribution in [0.3, 0.4) is 0 Å². The van der Waals surface area contributed by atoms with Crippen LogP contribution in [-0.4, -0.2) is 48.4 Å². The van der Waals surface area contributed by atoms with Crippen LogP contribution < -0.4 is 0 Å². The van der Waals surface area contributed by atoms with E-state index in [1.807, 2.05) is 60.4 Å². The third kappa shape index (κ3) is 2.76. The number of imidazole rings is 1. The highest BCUT2D eigenvalue weighted by atomic mass is 16.2. The first-order valence-electron chi connectivity index (χ1n) is 9.41. The van der Waals surface area contributed by atoms with Gasteiger partial charge in [0.2, 0.25) is 0 Å². The van der Waals surface area contributed by atoms with Gasteiger partial charge >= 0.3 is 0 Å². The normalized spacial score (nSPS) is 16.8. The number of fused-ring (bicyclic) bond motifs is 1. The summed E-state index contributed by atoms with van der Waals surface area (Å²) in [7, 11) is 0. The summed E-state index contributed by atoms with van der Waals surface area (Å²) in [6.45, 7) is 3.38. The summed E-state index contributed by atoms with van der Waals surface area (Å²) in [6, 6.07) is 18.0. The lowest BCUT2D eigenvalue weighted by Crippen LogP contribution is -2.29. The molecule has 0 spiro atoms. The van der Waals surface area contributed by atoms with E-state index < -0.39 is 0 Å². The first kappa shape index (κ1) is 16.7. The van der Waals surface area contributed by atoms with E-state index in [0.717, 1.165) is 29.0 Å². The van der Waals surface area contributed by atoms with E-state index in [4.69, 9.17) is 0 Å². The second-order valence-corrected chi connectivity index (χ2v) is 7.07. The first-order valence-corrected chi connectivity index (χ1v) is 9.41. The van der Waals surface area contributed by atoms with Crippen molar-refractivity contribution in [2.75, 3.05) is 13.1 Å². The maximum atomic E-state index is 12.9. The highest BCUT2D eigenvalue weighted by Crippen LogP contribution is 2.28. The quantitative estimate of drug-likeness (QED) is 0.554. The first-order chi connectivity index (χ1) is 13.7. The Balaban J connectivity index is 1.37. The Bertz CT molecular complexity index is 1150. The van der Waals surface area contributed by atoms with Gasteiger partial charge in [-0.05, 0) is 37.6 Å². The molecule has 1 atom stereocenters. The topological polar surface area (TPSA) is 68.8 Å². The summed E-state index contributed by atoms with van der Waals surface area (Å²) >= 11 is 0. The van der Waals surface area contributed by atoms with Crippen molar-refractivity contribution in [3.63, 3.8) is 0 Å². The third-order valence-electron chi connectivity index (χ3n) is 5.29. The van der Waals surface area contributed by atoms with Gasteiger partial charge in [0.05, 0.1) is 29.0 Å². The van der Waals surface area contributed by atoms with Crippen molar-refractivity contribution in [3.05, 3.63) is 72.3 Å². The number of likely N-dealkylation sites (tertiary alicyclic amines) is 1. The summed E-state index contributed by atoms with van der Waals surface area (Å²) in [5.74, 6) is 0.905. The number of carbonyl (C=O) groups excluding carboxylic acids is 1. The summed E-state index contributed by atoms with van der Waals surface area (Å²) < 4.78 is 2.25. The van der Waals surface area contributed by atoms with Crippen molar-refractivity contribution >= 4 is 16.9 Å². The molecule has 0 aliphatic carbocycles. The molecule has 2 aromatic heterocycles. The summed E-state index contributed by atoms with van der Waals surface area (Å²) in [5.41, 5.74) is 3.32. The monoisotopic (exact) mass is 372 g/mol. The largest absolute Gasteiger partial charge is 0.335 e. The molecule has 1 fully saturated rings. The summed E-state index contributed by atoms with van der Waals surface area (Å²) in [6.07, 6.45) is 2.44. The van der Waals surface area contributed by atoms with Crippen LogP contribution in [0.4, 0.5) is 0 Å². The Hall–Kier alpha value is -3.48. The van der Waals surface area contributed by atoms with Crippen molar-refractivity contribution in [1.82, 2.24) is 29.4 Å². The van der Waals surface area contributed by atoms with Crippen LogP contribution in [-0.2, 0) is 0 Å². The molecular weight excluding hydrogens is 352 g/mol. The van der Waals surface area contributed by atoms with Gasteiger partial charge in [0, 0.05) is 13.1 Å². The summed E-state index contributed by atoms with van der Waals surface area (Å²) in [4.78, 5) is 21.0. The lowest BCUT2D eigenvalue weighted by molar-refractivity contribution is 0.0781. The van der Waals surface area contributed by atoms with Crippen molar-refractivity contribution in [2.24, 2.45) is 0 Å². The zero-order valence-corrected chi connectivity index (χ0v) is 15.6. The molecule has 4 aromatic rings. The number of nitrogens with zero attached hydrogens (tertiary/aromatic N) is 6. The molecule has 0 N–H and O–H groups in total. The molecule has 7 nitrogen and oxygen atoms in total. The third-order valence-corrected chi connectivity index (χ3v) is 5.29. The van der Waals surface area contributed by atoms with Gasteiger partial charge in [-0.1, -0.05) is 30.3 Å². The van der Waals surface area contributed by atoms with Crippen LogP contribution in [0, 0.1) is 6.92 Å². The number of benzene rings is 2. The molecule has 1 amide bonds. The van der Waals surface area contributed by atoms with E-state index in [-0.39, 0.29) is 11.9 Å². The molecule has 1 unspecified atom stereocenters. The van der Waals surface area contributed by atoms with Crippen LogP contribution in [0.15, 0.2) is 60.8 Å². The van der Waals surface area contributed by atoms with Crippen molar-refractivity contribution < 1.29 is 4.79 Å². The molecular formula is C21H20N6O. The molecule has 5 rings (SSSR count). The van der Waals surface area contributed by atoms with E-state index in [1.54, 1.807) is 6.20 Å². The zero-order chi connectivity index (χ0) is 19.1. The van der Waals surface area contributed by atoms with Gasteiger partial charge in [-0.15, -0.1) is 5.10 Å². The fraction of sp³-hybridized carbons (Fsp3) is 0.238. The summed E-state index contributed by atoms with van der Waals surface area (Å²) in [5, 5.41) is 8.62. The molecule has 1 saturated heterocycles. The molecule has 1 aliphatic rings. The average molecular weight is 372 g/mol. The van der Waals surface area contributed by atoms with Crippen LogP contribution in [0.1, 0.15) is 28.8 Å². The van der Waals surface area contributed by atoms with Crippen molar-refractivity contribution in [2.45, 2.75) is 19.4 Å². The molecule has 3 heterocycles. The Labute approximate surface area is 162 Å². The van der Waals surface area contributed by atoms with Gasteiger partial charge in [-0.25, -0.2) is 4.98 Å². The maximum absolute atomic E-state index is 12.9. The SMILES string of the molecule is Cc1nc2ccccc2n1C1CCN(C(=O)c2cnn(-c3ccccc3)n2)C1. The van der Waals surface area contributed by atoms with Crippen LogP contribution in [0.25, 0.3) is 16.7 Å². The van der Waals surface area contributed by atoms with Crippen molar-refractivity contribution in [3.8, 4) is 5.69 Å². The Morgan fingerprint density at radius 2 is 1.86 bits per heavy atom. The highest BCUT2D eigenvalue weighted by molar-refractivity contribution is 5.92. The van der Waals surface area contributed by atoms with E-state index in [1.165, 1.54) is 4.80 Å². The van der Waals surface area contributed by atoms with Gasteiger partial charge in [0.1, 0.15) is 5.82 Å². The number of aromatic nitrogens is 5. The minimum absolute atomic E-state index is 0.0771. The number of amides is 1. The lowest BCUT2D eigenvalue weighted by atomic mass is 10.2. The number of hydrogen-bond donors (Lipinski definition) is 0. The van der Waals surface area contributed by atoms with Crippen LogP contribution in [0.5, 0.6) is 0 Å². The average Bonchev–Trinajstić information content (AvgIpc) is 3.45. The van der Waals surface area contributed by atoms with Gasteiger partial charge in [-0.3, -0.25) is 4.79 Å². The molecule has 140 valence electrons. The fourth-order valence-corrected chi connectivity index (χ4v) is 3.97. The Kier molecular flexibility index (Phi) is 3.93. The Morgan fingerprint density at radius 3 is 2.71 bits per heavy atom. The lowest BCUT2D eigenvalue weighted by Gasteiger charge is -2.17. The Morgan fingerprint density at radius 1 is 1.07 bits per heavy atom. The molecule has 0 bridgehead atoms. The molecule has 1 aliphatic heterocycles. The number of rotatable bonds is 3. The molecule has 0 radical (unpaired) electrons. The zero-order valence-electron chi connectivity index (χ0n) is 15.6. The van der Waals surface area contributed by atoms with Gasteiger partial charge < -0.3 is 9.47 Å². The number of aryl methyl sites for hydroxylation is 1. The maximum Gasteiger partial charge on any atom is 0.276 e. The number of carbonyl (C=O) groups is 1. The second-order valence-electron chi connectivity index (χ2n) is 7.07. The van der Waals surface area contributed by atoms with E-state index in [2.05, 4.69) is 25.8 Å². The van der Waals surface area contributed by atoms with Crippen LogP contribution >= 0.6 is 0 Å². The fourth-order valence-electron chi connectivity index (χ4n) is 3.97. The van der Waals surface area contributed by atoms with E-state index >= 15 is 0 Å². The molecule has 7 heteroatoms.